The number of nitrogens with one attached hydrogen (secondary N) is 1. The first-order chi connectivity index (χ1) is 7.59. The van der Waals surface area contributed by atoms with Gasteiger partial charge in [-0.1, -0.05) is 11.6 Å². The first-order valence-corrected chi connectivity index (χ1v) is 4.79. The van der Waals surface area contributed by atoms with Gasteiger partial charge in [-0.25, -0.2) is 9.78 Å². The van der Waals surface area contributed by atoms with E-state index < -0.39 is 6.09 Å². The first-order valence-electron chi connectivity index (χ1n) is 4.41. The van der Waals surface area contributed by atoms with Crippen LogP contribution in [0.3, 0.4) is 0 Å². The van der Waals surface area contributed by atoms with Gasteiger partial charge in [0.1, 0.15) is 11.8 Å². The fourth-order valence-electron chi connectivity index (χ4n) is 0.928. The highest BCUT2D eigenvalue weighted by Crippen LogP contribution is 2.04. The van der Waals surface area contributed by atoms with Crippen LogP contribution in [-0.4, -0.2) is 30.1 Å². The first kappa shape index (κ1) is 12.3. The van der Waals surface area contributed by atoms with Gasteiger partial charge in [-0.2, -0.15) is 0 Å². The third-order valence-corrected chi connectivity index (χ3v) is 1.85. The normalized spacial score (nSPS) is 9.56. The highest BCUT2D eigenvalue weighted by atomic mass is 35.5. The summed E-state index contributed by atoms with van der Waals surface area (Å²) in [6.45, 7) is 0.215. The molecule has 2 amide bonds. The Bertz CT molecular complexity index is 380. The molecule has 1 aromatic rings. The van der Waals surface area contributed by atoms with Crippen LogP contribution in [0.2, 0.25) is 5.15 Å². The van der Waals surface area contributed by atoms with E-state index in [4.69, 9.17) is 17.3 Å². The third-order valence-electron chi connectivity index (χ3n) is 1.62. The van der Waals surface area contributed by atoms with Crippen molar-refractivity contribution in [1.82, 2.24) is 10.3 Å². The highest BCUT2D eigenvalue weighted by molar-refractivity contribution is 6.29. The van der Waals surface area contributed by atoms with Crippen LogP contribution >= 0.6 is 11.6 Å². The fraction of sp³-hybridized carbons (Fsp3) is 0.222. The molecule has 16 heavy (non-hydrogen) atoms. The van der Waals surface area contributed by atoms with Crippen molar-refractivity contribution in [1.29, 1.82) is 0 Å². The van der Waals surface area contributed by atoms with E-state index in [2.05, 4.69) is 15.0 Å². The van der Waals surface area contributed by atoms with Crippen molar-refractivity contribution < 1.29 is 14.3 Å². The van der Waals surface area contributed by atoms with Crippen LogP contribution in [0, 0.1) is 0 Å². The maximum Gasteiger partial charge on any atom is 0.404 e. The van der Waals surface area contributed by atoms with Crippen molar-refractivity contribution in [3.63, 3.8) is 0 Å². The standard InChI is InChI=1S/C9H10ClN3O3/c10-7-2-1-6(5-13-7)8(14)12-3-4-16-9(11)15/h1-2,5H,3-4H2,(H2,11,15)(H,12,14). The van der Waals surface area contributed by atoms with Crippen molar-refractivity contribution >= 4 is 23.6 Å². The molecular formula is C9H10ClN3O3. The minimum atomic E-state index is -0.873. The van der Waals surface area contributed by atoms with Gasteiger partial charge in [0.15, 0.2) is 0 Å². The average molecular weight is 244 g/mol. The molecule has 0 saturated heterocycles. The molecule has 0 unspecified atom stereocenters. The van der Waals surface area contributed by atoms with E-state index in [1.807, 2.05) is 0 Å². The van der Waals surface area contributed by atoms with Gasteiger partial charge in [0, 0.05) is 6.20 Å². The van der Waals surface area contributed by atoms with E-state index in [-0.39, 0.29) is 19.1 Å². The molecule has 0 saturated carbocycles. The smallest absolute Gasteiger partial charge is 0.404 e. The van der Waals surface area contributed by atoms with Crippen LogP contribution in [0.15, 0.2) is 18.3 Å². The third kappa shape index (κ3) is 4.14. The molecule has 3 N–H and O–H groups in total. The lowest BCUT2D eigenvalue weighted by Crippen LogP contribution is -2.29. The molecule has 86 valence electrons. The van der Waals surface area contributed by atoms with Crippen LogP contribution in [0.1, 0.15) is 10.4 Å². The topological polar surface area (TPSA) is 94.3 Å². The molecule has 0 aliphatic rings. The Labute approximate surface area is 96.7 Å². The molecule has 0 fully saturated rings. The molecule has 6 nitrogen and oxygen atoms in total. The molecule has 1 rings (SSSR count). The highest BCUT2D eigenvalue weighted by Gasteiger charge is 2.05. The summed E-state index contributed by atoms with van der Waals surface area (Å²) in [5, 5.41) is 2.83. The number of ether oxygens (including phenoxy) is 1. The predicted molar refractivity (Wildman–Crippen MR) is 57.1 cm³/mol. The second-order valence-electron chi connectivity index (χ2n) is 2.79. The molecule has 0 aliphatic carbocycles. The number of halogens is 1. The molecule has 7 heteroatoms. The molecule has 0 bridgehead atoms. The van der Waals surface area contributed by atoms with Gasteiger partial charge in [-0.3, -0.25) is 4.79 Å². The Balaban J connectivity index is 2.35. The molecule has 1 heterocycles. The van der Waals surface area contributed by atoms with Crippen LogP contribution in [0.5, 0.6) is 0 Å². The number of aromatic nitrogens is 1. The van der Waals surface area contributed by atoms with Crippen molar-refractivity contribution in [2.75, 3.05) is 13.2 Å². The predicted octanol–water partition coefficient (Wildman–Crippen LogP) is 0.560. The number of amides is 2. The number of nitrogens with zero attached hydrogens (tertiary/aromatic N) is 1. The van der Waals surface area contributed by atoms with E-state index in [1.165, 1.54) is 12.3 Å². The van der Waals surface area contributed by atoms with E-state index in [9.17, 15) is 9.59 Å². The van der Waals surface area contributed by atoms with Gasteiger partial charge in [0.25, 0.3) is 5.91 Å². The number of nitrogens with two attached hydrogens (primary N) is 1. The number of hydrogen-bond acceptors (Lipinski definition) is 4. The minimum absolute atomic E-state index is 0.0299. The van der Waals surface area contributed by atoms with Gasteiger partial charge >= 0.3 is 6.09 Å². The van der Waals surface area contributed by atoms with Crippen LogP contribution < -0.4 is 11.1 Å². The molecule has 0 aliphatic heterocycles. The molecule has 0 atom stereocenters. The van der Waals surface area contributed by atoms with Crippen LogP contribution in [-0.2, 0) is 4.74 Å². The average Bonchev–Trinajstić information content (AvgIpc) is 2.25. The van der Waals surface area contributed by atoms with Gasteiger partial charge in [-0.15, -0.1) is 0 Å². The summed E-state index contributed by atoms with van der Waals surface area (Å²) in [7, 11) is 0. The van der Waals surface area contributed by atoms with E-state index in [1.54, 1.807) is 6.07 Å². The van der Waals surface area contributed by atoms with Gasteiger partial charge in [0.2, 0.25) is 0 Å². The van der Waals surface area contributed by atoms with E-state index >= 15 is 0 Å². The summed E-state index contributed by atoms with van der Waals surface area (Å²) in [4.78, 5) is 25.4. The Kier molecular flexibility index (Phi) is 4.53. The van der Waals surface area contributed by atoms with Gasteiger partial charge in [-0.05, 0) is 12.1 Å². The molecule has 0 aromatic carbocycles. The lowest BCUT2D eigenvalue weighted by atomic mass is 10.3. The largest absolute Gasteiger partial charge is 0.448 e. The summed E-state index contributed by atoms with van der Waals surface area (Å²) in [6, 6.07) is 3.05. The lowest BCUT2D eigenvalue weighted by molar-refractivity contribution is 0.0936. The molecular weight excluding hydrogens is 234 g/mol. The Morgan fingerprint density at radius 1 is 1.50 bits per heavy atom. The van der Waals surface area contributed by atoms with Gasteiger partial charge in [0.05, 0.1) is 12.1 Å². The zero-order chi connectivity index (χ0) is 12.0. The molecule has 0 radical (unpaired) electrons. The lowest BCUT2D eigenvalue weighted by Gasteiger charge is -2.04. The van der Waals surface area contributed by atoms with Crippen molar-refractivity contribution in [2.45, 2.75) is 0 Å². The maximum absolute atomic E-state index is 11.4. The number of carbonyl (C=O) groups excluding carboxylic acids is 2. The summed E-state index contributed by atoms with van der Waals surface area (Å²) in [6.07, 6.45) is 0.481. The van der Waals surface area contributed by atoms with E-state index in [0.717, 1.165) is 0 Å². The zero-order valence-corrected chi connectivity index (χ0v) is 9.03. The summed E-state index contributed by atoms with van der Waals surface area (Å²) in [5.74, 6) is -0.322. The van der Waals surface area contributed by atoms with Gasteiger partial charge < -0.3 is 15.8 Å². The maximum atomic E-state index is 11.4. The van der Waals surface area contributed by atoms with Crippen molar-refractivity contribution in [3.8, 4) is 0 Å². The van der Waals surface area contributed by atoms with Crippen molar-refractivity contribution in [2.24, 2.45) is 5.73 Å². The second-order valence-corrected chi connectivity index (χ2v) is 3.18. The summed E-state index contributed by atoms with van der Waals surface area (Å²) in [5.41, 5.74) is 5.12. The Hall–Kier alpha value is -1.82. The number of pyridine rings is 1. The summed E-state index contributed by atoms with van der Waals surface area (Å²) >= 11 is 5.56. The Morgan fingerprint density at radius 2 is 2.25 bits per heavy atom. The fourth-order valence-corrected chi connectivity index (χ4v) is 1.04. The monoisotopic (exact) mass is 243 g/mol. The Morgan fingerprint density at radius 3 is 2.81 bits per heavy atom. The number of primary amides is 1. The molecule has 0 spiro atoms. The van der Waals surface area contributed by atoms with Crippen LogP contribution in [0.4, 0.5) is 4.79 Å². The zero-order valence-electron chi connectivity index (χ0n) is 8.27. The number of rotatable bonds is 4. The van der Waals surface area contributed by atoms with Crippen LogP contribution in [0.25, 0.3) is 0 Å². The van der Waals surface area contributed by atoms with Crippen molar-refractivity contribution in [3.05, 3.63) is 29.0 Å². The SMILES string of the molecule is NC(=O)OCCNC(=O)c1ccc(Cl)nc1. The summed E-state index contributed by atoms with van der Waals surface area (Å²) < 4.78 is 4.43. The number of hydrogen-bond donors (Lipinski definition) is 2. The second kappa shape index (κ2) is 5.92. The quantitative estimate of drug-likeness (QED) is 0.597. The number of carbonyl (C=O) groups is 2. The van der Waals surface area contributed by atoms with E-state index in [0.29, 0.717) is 10.7 Å². The molecule has 1 aromatic heterocycles. The minimum Gasteiger partial charge on any atom is -0.448 e.